The Morgan fingerprint density at radius 3 is 2.73 bits per heavy atom. The number of ether oxygens (including phenoxy) is 1. The zero-order valence-electron chi connectivity index (χ0n) is 23.1. The molecule has 2 aromatic heterocycles. The van der Waals surface area contributed by atoms with Crippen LogP contribution in [-0.4, -0.2) is 55.7 Å². The number of rotatable bonds is 8. The van der Waals surface area contributed by atoms with Gasteiger partial charge in [-0.15, -0.1) is 0 Å². The number of carbonyl (C=O) groups excluding carboxylic acids is 1. The van der Waals surface area contributed by atoms with Gasteiger partial charge >= 0.3 is 0 Å². The number of carbonyl (C=O) groups is 1. The predicted molar refractivity (Wildman–Crippen MR) is 153 cm³/mol. The summed E-state index contributed by atoms with van der Waals surface area (Å²) in [6.45, 7) is 4.59. The second-order valence-corrected chi connectivity index (χ2v) is 10.5. The molecule has 41 heavy (non-hydrogen) atoms. The first kappa shape index (κ1) is 27.7. The number of hydrogen-bond donors (Lipinski definition) is 2. The quantitative estimate of drug-likeness (QED) is 0.241. The normalized spacial score (nSPS) is 15.7. The largest absolute Gasteiger partial charge is 0.457 e. The Kier molecular flexibility index (Phi) is 7.68. The molecule has 0 spiro atoms. The van der Waals surface area contributed by atoms with Crippen molar-refractivity contribution in [3.63, 3.8) is 0 Å². The summed E-state index contributed by atoms with van der Waals surface area (Å²) in [7, 11) is 1.77. The maximum Gasteiger partial charge on any atom is 0.264 e. The number of hydrogen-bond acceptors (Lipinski definition) is 8. The lowest BCUT2D eigenvalue weighted by Gasteiger charge is -2.26. The van der Waals surface area contributed by atoms with Gasteiger partial charge in [-0.05, 0) is 64.1 Å². The van der Waals surface area contributed by atoms with Gasteiger partial charge in [0.25, 0.3) is 5.91 Å². The SMILES string of the molecule is CNC(C)(C)/C=C(\C#N)C(=O)N1CCC[C@@H]1Cn1nc(-c2ccc(Oc3ccccc3)cc2F)c2c(N)ncnc21. The van der Waals surface area contributed by atoms with E-state index in [1.807, 2.05) is 32.0 Å². The number of para-hydroxylation sites is 1. The predicted octanol–water partition coefficient (Wildman–Crippen LogP) is 4.45. The average molecular weight is 555 g/mol. The molecule has 1 fully saturated rings. The minimum atomic E-state index is -0.540. The van der Waals surface area contributed by atoms with Crippen LogP contribution in [0.4, 0.5) is 10.2 Å². The second-order valence-electron chi connectivity index (χ2n) is 10.5. The molecule has 0 aliphatic carbocycles. The third kappa shape index (κ3) is 5.73. The van der Waals surface area contributed by atoms with Gasteiger partial charge in [0.15, 0.2) is 5.65 Å². The van der Waals surface area contributed by atoms with Gasteiger partial charge in [0.2, 0.25) is 0 Å². The molecule has 1 amide bonds. The molecule has 10 nitrogen and oxygen atoms in total. The number of anilines is 1. The Bertz CT molecular complexity index is 1660. The Labute approximate surface area is 237 Å². The molecule has 1 saturated heterocycles. The van der Waals surface area contributed by atoms with Crippen LogP contribution in [0.3, 0.4) is 0 Å². The van der Waals surface area contributed by atoms with Crippen LogP contribution in [0.5, 0.6) is 11.5 Å². The van der Waals surface area contributed by atoms with Gasteiger partial charge in [-0.2, -0.15) is 10.4 Å². The van der Waals surface area contributed by atoms with Crippen LogP contribution in [0.1, 0.15) is 26.7 Å². The molecule has 0 unspecified atom stereocenters. The summed E-state index contributed by atoms with van der Waals surface area (Å²) >= 11 is 0. The highest BCUT2D eigenvalue weighted by Crippen LogP contribution is 2.35. The molecule has 0 bridgehead atoms. The third-order valence-corrected chi connectivity index (χ3v) is 7.26. The molecule has 5 rings (SSSR count). The molecule has 1 aliphatic heterocycles. The fraction of sp³-hybridized carbons (Fsp3) is 0.300. The smallest absolute Gasteiger partial charge is 0.264 e. The Hall–Kier alpha value is -4.82. The first-order valence-corrected chi connectivity index (χ1v) is 13.3. The van der Waals surface area contributed by atoms with Crippen LogP contribution in [0.2, 0.25) is 0 Å². The van der Waals surface area contributed by atoms with Crippen molar-refractivity contribution in [2.45, 2.75) is 44.8 Å². The summed E-state index contributed by atoms with van der Waals surface area (Å²) < 4.78 is 22.9. The minimum absolute atomic E-state index is 0.0775. The molecule has 1 aliphatic rings. The number of fused-ring (bicyclic) bond motifs is 1. The van der Waals surface area contributed by atoms with Crippen LogP contribution < -0.4 is 15.8 Å². The van der Waals surface area contributed by atoms with Crippen molar-refractivity contribution in [2.24, 2.45) is 0 Å². The van der Waals surface area contributed by atoms with Crippen molar-refractivity contribution >= 4 is 22.8 Å². The number of likely N-dealkylation sites (N-methyl/N-ethyl adjacent to an activating group) is 1. The summed E-state index contributed by atoms with van der Waals surface area (Å²) in [6.07, 6.45) is 4.48. The Balaban J connectivity index is 1.47. The van der Waals surface area contributed by atoms with Gasteiger partial charge in [-0.1, -0.05) is 18.2 Å². The van der Waals surface area contributed by atoms with E-state index in [-0.39, 0.29) is 28.9 Å². The van der Waals surface area contributed by atoms with E-state index in [1.54, 1.807) is 47.0 Å². The van der Waals surface area contributed by atoms with Crippen molar-refractivity contribution in [2.75, 3.05) is 19.3 Å². The standard InChI is InChI=1S/C30H31FN8O2/c1-30(2,34-3)15-19(16-32)29(40)38-13-7-8-20(38)17-39-28-25(27(33)35-18-36-28)26(37-39)23-12-11-22(14-24(23)31)41-21-9-5-4-6-10-21/h4-6,9-12,14-15,18,20,34H,7-8,13,17H2,1-3H3,(H2,33,35,36)/b19-15+/t20-/m1/s1. The molecule has 0 radical (unpaired) electrons. The highest BCUT2D eigenvalue weighted by Gasteiger charge is 2.33. The molecular weight excluding hydrogens is 523 g/mol. The Morgan fingerprint density at radius 2 is 2.02 bits per heavy atom. The van der Waals surface area contributed by atoms with Crippen molar-refractivity contribution < 1.29 is 13.9 Å². The first-order valence-electron chi connectivity index (χ1n) is 13.3. The number of halogens is 1. The number of nitriles is 1. The van der Waals surface area contributed by atoms with E-state index >= 15 is 4.39 Å². The average Bonchev–Trinajstić information content (AvgIpc) is 3.58. The van der Waals surface area contributed by atoms with Crippen LogP contribution in [0.15, 0.2) is 66.5 Å². The van der Waals surface area contributed by atoms with Crippen LogP contribution >= 0.6 is 0 Å². The first-order chi connectivity index (χ1) is 19.7. The molecule has 2 aromatic carbocycles. The van der Waals surface area contributed by atoms with E-state index in [0.717, 1.165) is 12.8 Å². The summed E-state index contributed by atoms with van der Waals surface area (Å²) in [5, 5.41) is 18.0. The number of likely N-dealkylation sites (tertiary alicyclic amines) is 1. The van der Waals surface area contributed by atoms with E-state index in [0.29, 0.717) is 41.3 Å². The number of nitrogens with one attached hydrogen (secondary N) is 1. The lowest BCUT2D eigenvalue weighted by Crippen LogP contribution is -2.40. The molecule has 3 heterocycles. The van der Waals surface area contributed by atoms with E-state index in [2.05, 4.69) is 21.4 Å². The Morgan fingerprint density at radius 1 is 1.24 bits per heavy atom. The number of amides is 1. The van der Waals surface area contributed by atoms with Crippen molar-refractivity contribution in [1.82, 2.24) is 30.0 Å². The summed E-state index contributed by atoms with van der Waals surface area (Å²) in [6, 6.07) is 15.5. The summed E-state index contributed by atoms with van der Waals surface area (Å²) in [5.74, 6) is 0.231. The topological polar surface area (TPSA) is 135 Å². The number of nitrogen functional groups attached to an aromatic ring is 1. The van der Waals surface area contributed by atoms with E-state index < -0.39 is 11.4 Å². The molecule has 0 saturated carbocycles. The molecular formula is C30H31FN8O2. The highest BCUT2D eigenvalue weighted by molar-refractivity contribution is 5.99. The lowest BCUT2D eigenvalue weighted by molar-refractivity contribution is -0.127. The highest BCUT2D eigenvalue weighted by atomic mass is 19.1. The van der Waals surface area contributed by atoms with E-state index in [1.165, 1.54) is 12.4 Å². The number of benzene rings is 2. The molecule has 3 N–H and O–H groups in total. The van der Waals surface area contributed by atoms with Gasteiger partial charge < -0.3 is 20.7 Å². The summed E-state index contributed by atoms with van der Waals surface area (Å²) in [5.41, 5.74) is 6.74. The lowest BCUT2D eigenvalue weighted by atomic mass is 10.0. The number of nitrogens with zero attached hydrogens (tertiary/aromatic N) is 6. The van der Waals surface area contributed by atoms with Gasteiger partial charge in [0.1, 0.15) is 46.8 Å². The third-order valence-electron chi connectivity index (χ3n) is 7.26. The molecule has 210 valence electrons. The van der Waals surface area contributed by atoms with E-state index in [9.17, 15) is 10.1 Å². The van der Waals surface area contributed by atoms with Crippen molar-refractivity contribution in [1.29, 1.82) is 5.26 Å². The van der Waals surface area contributed by atoms with Crippen LogP contribution in [0, 0.1) is 17.1 Å². The van der Waals surface area contributed by atoms with E-state index in [4.69, 9.17) is 15.6 Å². The summed E-state index contributed by atoms with van der Waals surface area (Å²) in [4.78, 5) is 23.6. The maximum absolute atomic E-state index is 15.5. The second kappa shape index (κ2) is 11.3. The van der Waals surface area contributed by atoms with Gasteiger partial charge in [0, 0.05) is 23.7 Å². The molecule has 4 aromatic rings. The monoisotopic (exact) mass is 554 g/mol. The molecule has 1 atom stereocenters. The fourth-order valence-electron chi connectivity index (χ4n) is 4.94. The van der Waals surface area contributed by atoms with Gasteiger partial charge in [-0.3, -0.25) is 4.79 Å². The van der Waals surface area contributed by atoms with Gasteiger partial charge in [0.05, 0.1) is 18.0 Å². The fourth-order valence-corrected chi connectivity index (χ4v) is 4.94. The molecule has 11 heteroatoms. The minimum Gasteiger partial charge on any atom is -0.457 e. The number of aromatic nitrogens is 4. The zero-order chi connectivity index (χ0) is 29.1. The zero-order valence-corrected chi connectivity index (χ0v) is 23.1. The van der Waals surface area contributed by atoms with Crippen LogP contribution in [0.25, 0.3) is 22.3 Å². The van der Waals surface area contributed by atoms with Crippen LogP contribution in [-0.2, 0) is 11.3 Å². The number of nitrogens with two attached hydrogens (primary N) is 1. The van der Waals surface area contributed by atoms with Crippen molar-refractivity contribution in [3.05, 3.63) is 72.3 Å². The van der Waals surface area contributed by atoms with Gasteiger partial charge in [-0.25, -0.2) is 19.0 Å². The maximum atomic E-state index is 15.5. The van der Waals surface area contributed by atoms with Crippen molar-refractivity contribution in [3.8, 4) is 28.8 Å².